The van der Waals surface area contributed by atoms with Crippen LogP contribution in [0.15, 0.2) is 0 Å². The van der Waals surface area contributed by atoms with Crippen LogP contribution in [0.1, 0.15) is 124 Å². The predicted molar refractivity (Wildman–Crippen MR) is 126 cm³/mol. The summed E-state index contributed by atoms with van der Waals surface area (Å²) < 4.78 is 6.15. The van der Waals surface area contributed by atoms with E-state index in [1.54, 1.807) is 0 Å². The summed E-state index contributed by atoms with van der Waals surface area (Å²) in [5, 5.41) is 0. The van der Waals surface area contributed by atoms with Gasteiger partial charge < -0.3 is 4.74 Å². The molecule has 29 heavy (non-hydrogen) atoms. The first-order chi connectivity index (χ1) is 14.0. The standard InChI is InChI=1S/C28H52O/c1-21(2)18-24(11-9-13-25-12-6-5-10-23(25)4)19-22(3)16-17-26-20-29-28-15-8-7-14-27(26)28/h21-28H,5-20H2,1-4H3/t22?,23-,24?,25-,26?,27?,28?/m1/s1. The van der Waals surface area contributed by atoms with E-state index in [9.17, 15) is 0 Å². The lowest BCUT2D eigenvalue weighted by Gasteiger charge is -2.30. The fourth-order valence-corrected chi connectivity index (χ4v) is 7.21. The lowest BCUT2D eigenvalue weighted by Crippen LogP contribution is -2.24. The van der Waals surface area contributed by atoms with Gasteiger partial charge in [-0.3, -0.25) is 0 Å². The van der Waals surface area contributed by atoms with Gasteiger partial charge in [0.15, 0.2) is 0 Å². The van der Waals surface area contributed by atoms with Crippen LogP contribution in [0.5, 0.6) is 0 Å². The van der Waals surface area contributed by atoms with Crippen LogP contribution >= 0.6 is 0 Å². The summed E-state index contributed by atoms with van der Waals surface area (Å²) >= 11 is 0. The maximum atomic E-state index is 6.15. The molecule has 5 unspecified atom stereocenters. The number of fused-ring (bicyclic) bond motifs is 1. The highest BCUT2D eigenvalue weighted by atomic mass is 16.5. The van der Waals surface area contributed by atoms with E-state index in [1.165, 1.54) is 96.3 Å². The molecule has 7 atom stereocenters. The van der Waals surface area contributed by atoms with Crippen LogP contribution in [0.25, 0.3) is 0 Å². The van der Waals surface area contributed by atoms with Crippen molar-refractivity contribution in [1.82, 2.24) is 0 Å². The fraction of sp³-hybridized carbons (Fsp3) is 1.00. The highest BCUT2D eigenvalue weighted by Gasteiger charge is 2.38. The van der Waals surface area contributed by atoms with Gasteiger partial charge in [0.2, 0.25) is 0 Å². The average molecular weight is 405 g/mol. The van der Waals surface area contributed by atoms with E-state index in [0.717, 1.165) is 48.0 Å². The van der Waals surface area contributed by atoms with Crippen molar-refractivity contribution in [3.8, 4) is 0 Å². The van der Waals surface area contributed by atoms with Gasteiger partial charge in [0, 0.05) is 0 Å². The van der Waals surface area contributed by atoms with E-state index in [0.29, 0.717) is 6.10 Å². The van der Waals surface area contributed by atoms with Gasteiger partial charge in [0.05, 0.1) is 12.7 Å². The molecule has 0 spiro atoms. The second-order valence-corrected chi connectivity index (χ2v) is 11.9. The number of hydrogen-bond acceptors (Lipinski definition) is 1. The summed E-state index contributed by atoms with van der Waals surface area (Å²) in [4.78, 5) is 0. The zero-order chi connectivity index (χ0) is 20.6. The third-order valence-electron chi connectivity index (χ3n) is 8.93. The molecule has 0 amide bonds. The summed E-state index contributed by atoms with van der Waals surface area (Å²) in [5.74, 6) is 6.52. The van der Waals surface area contributed by atoms with Crippen LogP contribution < -0.4 is 0 Å². The van der Waals surface area contributed by atoms with Gasteiger partial charge >= 0.3 is 0 Å². The molecule has 1 heteroatoms. The quantitative estimate of drug-likeness (QED) is 0.335. The third kappa shape index (κ3) is 7.55. The molecule has 170 valence electrons. The van der Waals surface area contributed by atoms with E-state index in [-0.39, 0.29) is 0 Å². The zero-order valence-corrected chi connectivity index (χ0v) is 20.3. The first kappa shape index (κ1) is 23.6. The Labute approximate surface area is 183 Å². The molecule has 0 bridgehead atoms. The third-order valence-corrected chi connectivity index (χ3v) is 8.93. The Bertz CT molecular complexity index is 444. The minimum Gasteiger partial charge on any atom is -0.378 e. The van der Waals surface area contributed by atoms with Gasteiger partial charge in [-0.25, -0.2) is 0 Å². The number of hydrogen-bond donors (Lipinski definition) is 0. The molecular weight excluding hydrogens is 352 g/mol. The summed E-state index contributed by atoms with van der Waals surface area (Å²) in [7, 11) is 0. The summed E-state index contributed by atoms with van der Waals surface area (Å²) in [6.07, 6.45) is 22.5. The predicted octanol–water partition coefficient (Wildman–Crippen LogP) is 8.66. The van der Waals surface area contributed by atoms with Crippen molar-refractivity contribution in [3.63, 3.8) is 0 Å². The molecule has 1 nitrogen and oxygen atoms in total. The molecule has 2 saturated carbocycles. The van der Waals surface area contributed by atoms with Crippen LogP contribution in [0.4, 0.5) is 0 Å². The van der Waals surface area contributed by atoms with E-state index in [1.807, 2.05) is 0 Å². The van der Waals surface area contributed by atoms with Gasteiger partial charge in [0.1, 0.15) is 0 Å². The summed E-state index contributed by atoms with van der Waals surface area (Å²) in [6, 6.07) is 0. The first-order valence-corrected chi connectivity index (χ1v) is 13.6. The van der Waals surface area contributed by atoms with Crippen LogP contribution in [-0.2, 0) is 4.74 Å². The Hall–Kier alpha value is -0.0400. The SMILES string of the molecule is CC(C)CC(CCC[C@H]1CCCC[C@H]1C)CC(C)CCC1COC2CCCCC12. The molecule has 1 aliphatic heterocycles. The average Bonchev–Trinajstić information content (AvgIpc) is 3.10. The summed E-state index contributed by atoms with van der Waals surface area (Å²) in [5.41, 5.74) is 0. The van der Waals surface area contributed by atoms with Crippen LogP contribution in [0.2, 0.25) is 0 Å². The fourth-order valence-electron chi connectivity index (χ4n) is 7.21. The second kappa shape index (κ2) is 12.1. The van der Waals surface area contributed by atoms with E-state index in [4.69, 9.17) is 4.74 Å². The zero-order valence-electron chi connectivity index (χ0n) is 20.3. The topological polar surface area (TPSA) is 9.23 Å². The van der Waals surface area contributed by atoms with Crippen LogP contribution in [0.3, 0.4) is 0 Å². The van der Waals surface area contributed by atoms with Crippen molar-refractivity contribution in [3.05, 3.63) is 0 Å². The Morgan fingerprint density at radius 3 is 2.34 bits per heavy atom. The highest BCUT2D eigenvalue weighted by molar-refractivity contribution is 4.87. The largest absolute Gasteiger partial charge is 0.378 e. The van der Waals surface area contributed by atoms with E-state index < -0.39 is 0 Å². The Kier molecular flexibility index (Phi) is 9.87. The Morgan fingerprint density at radius 1 is 0.793 bits per heavy atom. The molecule has 2 aliphatic carbocycles. The van der Waals surface area contributed by atoms with Gasteiger partial charge in [-0.2, -0.15) is 0 Å². The lowest BCUT2D eigenvalue weighted by atomic mass is 9.75. The summed E-state index contributed by atoms with van der Waals surface area (Å²) in [6.45, 7) is 11.0. The molecule has 1 saturated heterocycles. The highest BCUT2D eigenvalue weighted by Crippen LogP contribution is 2.41. The van der Waals surface area contributed by atoms with Gasteiger partial charge in [-0.05, 0) is 73.5 Å². The Morgan fingerprint density at radius 2 is 1.55 bits per heavy atom. The molecule has 0 aromatic rings. The maximum Gasteiger partial charge on any atom is 0.0606 e. The minimum absolute atomic E-state index is 0.625. The van der Waals surface area contributed by atoms with Crippen molar-refractivity contribution in [2.75, 3.05) is 6.61 Å². The monoisotopic (exact) mass is 404 g/mol. The molecule has 3 rings (SSSR count). The van der Waals surface area contributed by atoms with Crippen molar-refractivity contribution in [1.29, 1.82) is 0 Å². The van der Waals surface area contributed by atoms with Crippen molar-refractivity contribution in [2.24, 2.45) is 41.4 Å². The van der Waals surface area contributed by atoms with Crippen molar-refractivity contribution >= 4 is 0 Å². The molecule has 0 aromatic heterocycles. The smallest absolute Gasteiger partial charge is 0.0606 e. The normalized spacial score (nSPS) is 34.9. The molecule has 1 heterocycles. The molecule has 0 N–H and O–H groups in total. The molecule has 0 radical (unpaired) electrons. The van der Waals surface area contributed by atoms with E-state index in [2.05, 4.69) is 27.7 Å². The first-order valence-electron chi connectivity index (χ1n) is 13.6. The second-order valence-electron chi connectivity index (χ2n) is 11.9. The lowest BCUT2D eigenvalue weighted by molar-refractivity contribution is 0.0663. The van der Waals surface area contributed by atoms with Gasteiger partial charge in [-0.15, -0.1) is 0 Å². The molecular formula is C28H52O. The van der Waals surface area contributed by atoms with E-state index >= 15 is 0 Å². The molecule has 0 aromatic carbocycles. The molecule has 3 aliphatic rings. The minimum atomic E-state index is 0.625. The van der Waals surface area contributed by atoms with Gasteiger partial charge in [0.25, 0.3) is 0 Å². The maximum absolute atomic E-state index is 6.15. The number of rotatable bonds is 11. The Balaban J connectivity index is 1.37. The number of ether oxygens (including phenoxy) is 1. The van der Waals surface area contributed by atoms with Crippen LogP contribution in [-0.4, -0.2) is 12.7 Å². The van der Waals surface area contributed by atoms with Gasteiger partial charge in [-0.1, -0.05) is 91.9 Å². The van der Waals surface area contributed by atoms with Crippen molar-refractivity contribution in [2.45, 2.75) is 130 Å². The van der Waals surface area contributed by atoms with Crippen LogP contribution in [0, 0.1) is 41.4 Å². The molecule has 3 fully saturated rings. The van der Waals surface area contributed by atoms with Crippen molar-refractivity contribution < 1.29 is 4.74 Å².